The first-order chi connectivity index (χ1) is 17.8. The first-order valence-electron chi connectivity index (χ1n) is 13.3. The fourth-order valence-corrected chi connectivity index (χ4v) is 6.31. The van der Waals surface area contributed by atoms with Crippen molar-refractivity contribution in [1.82, 2.24) is 0 Å². The van der Waals surface area contributed by atoms with E-state index >= 15 is 0 Å². The molecular formula is C34H36N2S. The fourth-order valence-electron chi connectivity index (χ4n) is 5.35. The van der Waals surface area contributed by atoms with Crippen molar-refractivity contribution in [3.8, 4) is 0 Å². The molecule has 0 amide bonds. The highest BCUT2D eigenvalue weighted by Crippen LogP contribution is 2.38. The highest BCUT2D eigenvalue weighted by atomic mass is 32.2. The van der Waals surface area contributed by atoms with Crippen LogP contribution in [0, 0.1) is 13.8 Å². The van der Waals surface area contributed by atoms with Crippen LogP contribution in [-0.4, -0.2) is 23.7 Å². The number of rotatable bonds is 7. The maximum absolute atomic E-state index is 5.46. The molecule has 0 unspecified atom stereocenters. The minimum Gasteiger partial charge on any atom is -0.282 e. The standard InChI is InChI=1S/C34H36N2S/c1-21(2)27-12-9-13-28(22(3)4)32(27)36-34-30-15-8-11-25-10-7-14-29(31(25)30)33(34)35-16-17-37-26-19-23(5)18-24(6)20-26/h7-15,18-22H,16-17H2,1-6H3/b35-33+,36-34+. The number of aryl methyl sites for hydroxylation is 2. The van der Waals surface area contributed by atoms with E-state index in [0.717, 1.165) is 29.4 Å². The predicted molar refractivity (Wildman–Crippen MR) is 163 cm³/mol. The van der Waals surface area contributed by atoms with E-state index in [1.54, 1.807) is 0 Å². The monoisotopic (exact) mass is 504 g/mol. The predicted octanol–water partition coefficient (Wildman–Crippen LogP) is 9.42. The summed E-state index contributed by atoms with van der Waals surface area (Å²) < 4.78 is 0. The zero-order valence-corrected chi connectivity index (χ0v) is 23.6. The van der Waals surface area contributed by atoms with Gasteiger partial charge in [-0.1, -0.05) is 88.4 Å². The summed E-state index contributed by atoms with van der Waals surface area (Å²) in [7, 11) is 0. The molecule has 2 nitrogen and oxygen atoms in total. The molecule has 1 aliphatic carbocycles. The molecule has 1 aliphatic rings. The van der Waals surface area contributed by atoms with Gasteiger partial charge in [-0.3, -0.25) is 4.99 Å². The molecule has 5 rings (SSSR count). The van der Waals surface area contributed by atoms with E-state index in [0.29, 0.717) is 11.8 Å². The second-order valence-corrected chi connectivity index (χ2v) is 11.8. The van der Waals surface area contributed by atoms with E-state index in [9.17, 15) is 0 Å². The Morgan fingerprint density at radius 2 is 1.27 bits per heavy atom. The first-order valence-corrected chi connectivity index (χ1v) is 14.3. The molecule has 4 aromatic rings. The first kappa shape index (κ1) is 25.5. The summed E-state index contributed by atoms with van der Waals surface area (Å²) in [6.45, 7) is 14.1. The molecule has 3 heteroatoms. The van der Waals surface area contributed by atoms with Crippen LogP contribution in [0.1, 0.15) is 72.9 Å². The van der Waals surface area contributed by atoms with Gasteiger partial charge in [0.25, 0.3) is 0 Å². The number of para-hydroxylation sites is 1. The van der Waals surface area contributed by atoms with Crippen molar-refractivity contribution >= 4 is 39.6 Å². The molecule has 0 aromatic heterocycles. The molecular weight excluding hydrogens is 468 g/mol. The summed E-state index contributed by atoms with van der Waals surface area (Å²) in [5.74, 6) is 1.73. The number of thioether (sulfide) groups is 1. The molecule has 0 heterocycles. The number of hydrogen-bond donors (Lipinski definition) is 0. The zero-order valence-electron chi connectivity index (χ0n) is 22.8. The highest BCUT2D eigenvalue weighted by molar-refractivity contribution is 7.99. The summed E-state index contributed by atoms with van der Waals surface area (Å²) in [5, 5.41) is 2.52. The van der Waals surface area contributed by atoms with E-state index < -0.39 is 0 Å². The van der Waals surface area contributed by atoms with Gasteiger partial charge in [-0.05, 0) is 65.5 Å². The van der Waals surface area contributed by atoms with Crippen molar-refractivity contribution in [2.24, 2.45) is 9.98 Å². The Kier molecular flexibility index (Phi) is 7.35. The van der Waals surface area contributed by atoms with E-state index in [-0.39, 0.29) is 0 Å². The molecule has 0 fully saturated rings. The maximum atomic E-state index is 5.46. The van der Waals surface area contributed by atoms with Crippen molar-refractivity contribution < 1.29 is 0 Å². The average molecular weight is 505 g/mol. The number of aliphatic imine (C=N–C) groups is 2. The second-order valence-electron chi connectivity index (χ2n) is 10.7. The maximum Gasteiger partial charge on any atom is 0.0974 e. The van der Waals surface area contributed by atoms with Gasteiger partial charge in [-0.2, -0.15) is 0 Å². The van der Waals surface area contributed by atoms with Gasteiger partial charge in [0.05, 0.1) is 17.1 Å². The summed E-state index contributed by atoms with van der Waals surface area (Å²) in [5.41, 5.74) is 10.8. The van der Waals surface area contributed by atoms with Crippen molar-refractivity contribution in [2.75, 3.05) is 12.3 Å². The van der Waals surface area contributed by atoms with E-state index in [1.165, 1.54) is 49.0 Å². The van der Waals surface area contributed by atoms with Gasteiger partial charge in [0.1, 0.15) is 0 Å². The number of hydrogen-bond acceptors (Lipinski definition) is 3. The van der Waals surface area contributed by atoms with Crippen molar-refractivity contribution in [3.05, 3.63) is 106 Å². The molecule has 188 valence electrons. The van der Waals surface area contributed by atoms with Crippen LogP contribution in [0.4, 0.5) is 5.69 Å². The third-order valence-corrected chi connectivity index (χ3v) is 7.99. The molecule has 37 heavy (non-hydrogen) atoms. The highest BCUT2D eigenvalue weighted by Gasteiger charge is 2.27. The fraction of sp³-hybridized carbons (Fsp3) is 0.294. The van der Waals surface area contributed by atoms with Gasteiger partial charge in [0, 0.05) is 33.7 Å². The SMILES string of the molecule is Cc1cc(C)cc(SCC/N=C2/C(=N/c3c(C(C)C)cccc3C(C)C)c3cccc4cccc2c34)c1. The Bertz CT molecular complexity index is 1470. The van der Waals surface area contributed by atoms with Gasteiger partial charge >= 0.3 is 0 Å². The minimum atomic E-state index is 0.396. The molecule has 0 aliphatic heterocycles. The zero-order chi connectivity index (χ0) is 26.1. The Morgan fingerprint density at radius 3 is 1.86 bits per heavy atom. The largest absolute Gasteiger partial charge is 0.282 e. The van der Waals surface area contributed by atoms with Gasteiger partial charge < -0.3 is 0 Å². The van der Waals surface area contributed by atoms with Gasteiger partial charge in [0.15, 0.2) is 0 Å². The van der Waals surface area contributed by atoms with Crippen LogP contribution in [0.15, 0.2) is 87.7 Å². The smallest absolute Gasteiger partial charge is 0.0974 e. The van der Waals surface area contributed by atoms with Gasteiger partial charge in [-0.15, -0.1) is 11.8 Å². The molecule has 0 saturated carbocycles. The van der Waals surface area contributed by atoms with E-state index in [1.807, 2.05) is 11.8 Å². The van der Waals surface area contributed by atoms with Crippen molar-refractivity contribution in [1.29, 1.82) is 0 Å². The molecule has 0 spiro atoms. The summed E-state index contributed by atoms with van der Waals surface area (Å²) in [4.78, 5) is 12.0. The van der Waals surface area contributed by atoms with Crippen LogP contribution < -0.4 is 0 Å². The lowest BCUT2D eigenvalue weighted by atomic mass is 9.92. The van der Waals surface area contributed by atoms with Gasteiger partial charge in [0.2, 0.25) is 0 Å². The summed E-state index contributed by atoms with van der Waals surface area (Å²) in [6.07, 6.45) is 0. The van der Waals surface area contributed by atoms with Crippen LogP contribution in [0.25, 0.3) is 10.8 Å². The summed E-state index contributed by atoms with van der Waals surface area (Å²) in [6, 6.07) is 26.5. The van der Waals surface area contributed by atoms with E-state index in [2.05, 4.69) is 114 Å². The Morgan fingerprint density at radius 1 is 0.703 bits per heavy atom. The second kappa shape index (κ2) is 10.7. The molecule has 4 aromatic carbocycles. The molecule has 0 bridgehead atoms. The van der Waals surface area contributed by atoms with Crippen LogP contribution in [0.5, 0.6) is 0 Å². The topological polar surface area (TPSA) is 24.7 Å². The van der Waals surface area contributed by atoms with E-state index in [4.69, 9.17) is 9.98 Å². The third-order valence-electron chi connectivity index (χ3n) is 7.03. The Balaban J connectivity index is 1.58. The Labute approximate surface area is 226 Å². The lowest BCUT2D eigenvalue weighted by Crippen LogP contribution is -2.12. The van der Waals surface area contributed by atoms with Crippen molar-refractivity contribution in [2.45, 2.75) is 58.3 Å². The third kappa shape index (κ3) is 5.15. The normalized spacial score (nSPS) is 15.1. The number of nitrogens with zero attached hydrogens (tertiary/aromatic N) is 2. The number of benzene rings is 4. The van der Waals surface area contributed by atoms with Crippen molar-refractivity contribution in [3.63, 3.8) is 0 Å². The minimum absolute atomic E-state index is 0.396. The molecule has 0 radical (unpaired) electrons. The van der Waals surface area contributed by atoms with Crippen LogP contribution in [0.3, 0.4) is 0 Å². The molecule has 0 atom stereocenters. The summed E-state index contributed by atoms with van der Waals surface area (Å²) >= 11 is 1.88. The van der Waals surface area contributed by atoms with Crippen LogP contribution >= 0.6 is 11.8 Å². The van der Waals surface area contributed by atoms with Gasteiger partial charge in [-0.25, -0.2) is 4.99 Å². The lowest BCUT2D eigenvalue weighted by Gasteiger charge is -2.17. The van der Waals surface area contributed by atoms with Crippen LogP contribution in [-0.2, 0) is 0 Å². The Hall–Kier alpha value is -3.17. The molecule has 0 N–H and O–H groups in total. The average Bonchev–Trinajstić information content (AvgIpc) is 3.15. The quantitative estimate of drug-likeness (QED) is 0.182. The van der Waals surface area contributed by atoms with Crippen LogP contribution in [0.2, 0.25) is 0 Å². The molecule has 0 saturated heterocycles. The lowest BCUT2D eigenvalue weighted by molar-refractivity contribution is 0.835.